The SMILES string of the molecule is CC/C=C\C/C=C\C/C=C\C/C=C\C/C=C\C/C=C\C/C=C\C/C=C\C/C=C\CCCCCCCCCCCC(=O)NC(COP(=O)([O-])OCC[N+](C)(C)C)C(O)/C=C/CCCCCCCCCCCCCCCCCCCCCCCCCCCCCCCC. The molecule has 0 aromatic carbocycles. The number of hydrogen-bond donors (Lipinski definition) is 2. The highest BCUT2D eigenvalue weighted by atomic mass is 31.2. The van der Waals surface area contributed by atoms with Crippen LogP contribution in [0.25, 0.3) is 0 Å². The Kier molecular flexibility index (Phi) is 68.8. The number of amides is 1. The van der Waals surface area contributed by atoms with E-state index < -0.39 is 20.0 Å². The van der Waals surface area contributed by atoms with Crippen molar-refractivity contribution in [1.82, 2.24) is 5.32 Å². The summed E-state index contributed by atoms with van der Waals surface area (Å²) in [6.45, 7) is 4.56. The molecule has 0 bridgehead atoms. The van der Waals surface area contributed by atoms with Crippen LogP contribution in [0.2, 0.25) is 0 Å². The molecule has 1 amide bonds. The number of carbonyl (C=O) groups excluding carboxylic acids is 1. The summed E-state index contributed by atoms with van der Waals surface area (Å²) in [6.07, 6.45) is 106. The van der Waals surface area contributed by atoms with Crippen LogP contribution in [-0.4, -0.2) is 68.5 Å². The van der Waals surface area contributed by atoms with Gasteiger partial charge in [-0.1, -0.05) is 367 Å². The molecule has 3 unspecified atom stereocenters. The van der Waals surface area contributed by atoms with E-state index >= 15 is 0 Å². The lowest BCUT2D eigenvalue weighted by Crippen LogP contribution is -2.45. The van der Waals surface area contributed by atoms with Crippen LogP contribution in [0.4, 0.5) is 0 Å². The molecule has 0 aromatic heterocycles. The average Bonchev–Trinajstić information content (AvgIpc) is 3.42. The number of quaternary nitrogens is 1. The zero-order valence-electron chi connectivity index (χ0n) is 60.3. The van der Waals surface area contributed by atoms with E-state index in [1.807, 2.05) is 27.2 Å². The lowest BCUT2D eigenvalue weighted by Gasteiger charge is -2.29. The number of aliphatic hydroxyl groups is 1. The summed E-state index contributed by atoms with van der Waals surface area (Å²) in [5.74, 6) is -0.204. The first-order valence-electron chi connectivity index (χ1n) is 38.4. The van der Waals surface area contributed by atoms with Crippen molar-refractivity contribution >= 4 is 13.7 Å². The molecule has 0 spiro atoms. The van der Waals surface area contributed by atoms with Crippen molar-refractivity contribution in [3.8, 4) is 0 Å². The van der Waals surface area contributed by atoms with Crippen molar-refractivity contribution < 1.29 is 32.9 Å². The molecular formula is C82H147N2O6P. The second-order valence-electron chi connectivity index (χ2n) is 27.0. The van der Waals surface area contributed by atoms with Crippen LogP contribution < -0.4 is 10.2 Å². The van der Waals surface area contributed by atoms with Crippen LogP contribution >= 0.6 is 7.82 Å². The van der Waals surface area contributed by atoms with Crippen LogP contribution in [0.1, 0.15) is 341 Å². The van der Waals surface area contributed by atoms with Crippen LogP contribution in [0.5, 0.6) is 0 Å². The predicted octanol–water partition coefficient (Wildman–Crippen LogP) is 24.5. The van der Waals surface area contributed by atoms with Crippen molar-refractivity contribution in [2.75, 3.05) is 40.9 Å². The number of hydrogen-bond acceptors (Lipinski definition) is 6. The highest BCUT2D eigenvalue weighted by Crippen LogP contribution is 2.38. The van der Waals surface area contributed by atoms with Gasteiger partial charge in [-0.2, -0.15) is 0 Å². The third-order valence-electron chi connectivity index (χ3n) is 16.9. The zero-order valence-corrected chi connectivity index (χ0v) is 61.2. The van der Waals surface area contributed by atoms with E-state index in [2.05, 4.69) is 129 Å². The van der Waals surface area contributed by atoms with E-state index in [-0.39, 0.29) is 19.1 Å². The van der Waals surface area contributed by atoms with E-state index in [0.29, 0.717) is 17.4 Å². The van der Waals surface area contributed by atoms with Gasteiger partial charge in [0.1, 0.15) is 13.2 Å². The molecule has 526 valence electrons. The van der Waals surface area contributed by atoms with Crippen LogP contribution in [-0.2, 0) is 18.4 Å². The standard InChI is InChI=1S/C82H147N2O6P/c1-6-8-10-12-14-16-18-20-22-24-26-28-30-32-34-36-38-40-41-42-43-44-46-48-50-52-54-56-58-60-62-64-66-68-70-72-74-76-82(86)83-80(79-90-91(87,88)89-78-77-84(3,4)5)81(85)75-73-71-69-67-65-63-61-59-57-55-53-51-49-47-45-39-37-35-33-31-29-27-25-23-21-19-17-15-13-11-9-7-2/h8,10,14,16,20,22,26,28,32,34,38,40,42-43,46,48,52,54,73,75,80-81,85H,6-7,9,11-13,15,17-19,21,23-25,27,29-31,33,35-37,39,41,44-45,47,49-51,53,55-72,74,76-79H2,1-5H3,(H-,83,86,87,88)/b10-8-,16-14-,22-20-,28-26-,34-32-,40-38-,43-42-,48-46-,54-52-,75-73+. The van der Waals surface area contributed by atoms with Gasteiger partial charge in [0, 0.05) is 6.42 Å². The summed E-state index contributed by atoms with van der Waals surface area (Å²) < 4.78 is 23.5. The van der Waals surface area contributed by atoms with Crippen LogP contribution in [0, 0.1) is 0 Å². The second-order valence-corrected chi connectivity index (χ2v) is 28.4. The summed E-state index contributed by atoms with van der Waals surface area (Å²) in [6, 6.07) is -0.901. The molecule has 2 N–H and O–H groups in total. The van der Waals surface area contributed by atoms with Crippen molar-refractivity contribution in [1.29, 1.82) is 0 Å². The minimum Gasteiger partial charge on any atom is -0.756 e. The molecule has 0 saturated carbocycles. The van der Waals surface area contributed by atoms with Crippen molar-refractivity contribution in [2.24, 2.45) is 0 Å². The van der Waals surface area contributed by atoms with Gasteiger partial charge in [-0.25, -0.2) is 0 Å². The first-order valence-corrected chi connectivity index (χ1v) is 39.9. The van der Waals surface area contributed by atoms with Gasteiger partial charge in [-0.3, -0.25) is 9.36 Å². The Morgan fingerprint density at radius 1 is 0.396 bits per heavy atom. The molecule has 0 saturated heterocycles. The Labute approximate surface area is 564 Å². The topological polar surface area (TPSA) is 108 Å². The molecule has 8 nitrogen and oxygen atoms in total. The Morgan fingerprint density at radius 2 is 0.670 bits per heavy atom. The fourth-order valence-electron chi connectivity index (χ4n) is 11.0. The number of allylic oxidation sites excluding steroid dienone is 19. The molecule has 9 heteroatoms. The maximum atomic E-state index is 13.1. The Hall–Kier alpha value is -3.10. The Balaban J connectivity index is 4.09. The lowest BCUT2D eigenvalue weighted by atomic mass is 10.0. The number of phosphoric acid groups is 1. The number of rotatable bonds is 70. The lowest BCUT2D eigenvalue weighted by molar-refractivity contribution is -0.870. The number of unbranched alkanes of at least 4 members (excludes halogenated alkanes) is 39. The van der Waals surface area contributed by atoms with Gasteiger partial charge >= 0.3 is 0 Å². The monoisotopic (exact) mass is 1290 g/mol. The van der Waals surface area contributed by atoms with Gasteiger partial charge in [0.05, 0.1) is 39.9 Å². The fraction of sp³-hybridized carbons (Fsp3) is 0.744. The van der Waals surface area contributed by atoms with E-state index in [0.717, 1.165) is 109 Å². The van der Waals surface area contributed by atoms with E-state index in [1.165, 1.54) is 212 Å². The summed E-state index contributed by atoms with van der Waals surface area (Å²) in [5, 5.41) is 14.0. The van der Waals surface area contributed by atoms with Crippen molar-refractivity contribution in [3.05, 3.63) is 122 Å². The molecule has 0 fully saturated rings. The zero-order chi connectivity index (χ0) is 66.2. The van der Waals surface area contributed by atoms with Gasteiger partial charge in [-0.15, -0.1) is 0 Å². The largest absolute Gasteiger partial charge is 0.756 e. The number of carbonyl (C=O) groups is 1. The fourth-order valence-corrected chi connectivity index (χ4v) is 11.8. The van der Waals surface area contributed by atoms with E-state index in [4.69, 9.17) is 9.05 Å². The smallest absolute Gasteiger partial charge is 0.268 e. The van der Waals surface area contributed by atoms with Gasteiger partial charge in [-0.05, 0) is 89.9 Å². The number of likely N-dealkylation sites (N-methyl/N-ethyl adjacent to an activating group) is 1. The number of aliphatic hydroxyl groups excluding tert-OH is 1. The van der Waals surface area contributed by atoms with Crippen LogP contribution in [0.3, 0.4) is 0 Å². The predicted molar refractivity (Wildman–Crippen MR) is 399 cm³/mol. The first-order chi connectivity index (χ1) is 44.5. The summed E-state index contributed by atoms with van der Waals surface area (Å²) in [4.78, 5) is 25.7. The first kappa shape index (κ1) is 87.9. The van der Waals surface area contributed by atoms with Crippen LogP contribution in [0.15, 0.2) is 122 Å². The molecule has 91 heavy (non-hydrogen) atoms. The second kappa shape index (κ2) is 71.2. The van der Waals surface area contributed by atoms with Gasteiger partial charge in [0.15, 0.2) is 0 Å². The molecule has 3 atom stereocenters. The summed E-state index contributed by atoms with van der Waals surface area (Å²) >= 11 is 0. The number of nitrogens with zero attached hydrogens (tertiary/aromatic N) is 1. The van der Waals surface area contributed by atoms with E-state index in [1.54, 1.807) is 6.08 Å². The third-order valence-corrected chi connectivity index (χ3v) is 17.9. The van der Waals surface area contributed by atoms with E-state index in [9.17, 15) is 19.4 Å². The molecule has 0 aliphatic heterocycles. The Morgan fingerprint density at radius 3 is 0.978 bits per heavy atom. The Bertz CT molecular complexity index is 1900. The van der Waals surface area contributed by atoms with Crippen molar-refractivity contribution in [2.45, 2.75) is 353 Å². The highest BCUT2D eigenvalue weighted by molar-refractivity contribution is 7.45. The maximum absolute atomic E-state index is 13.1. The maximum Gasteiger partial charge on any atom is 0.268 e. The molecule has 0 aliphatic rings. The van der Waals surface area contributed by atoms with Gasteiger partial charge in [0.25, 0.3) is 7.82 Å². The number of nitrogens with one attached hydrogen (secondary N) is 1. The molecular weight excluding hydrogens is 1140 g/mol. The minimum atomic E-state index is -4.62. The average molecular weight is 1290 g/mol. The molecule has 0 heterocycles. The van der Waals surface area contributed by atoms with Gasteiger partial charge in [0.2, 0.25) is 5.91 Å². The summed E-state index contributed by atoms with van der Waals surface area (Å²) in [5.41, 5.74) is 0. The normalized spacial score (nSPS) is 14.2. The number of phosphoric ester groups is 1. The molecule has 0 aliphatic carbocycles. The van der Waals surface area contributed by atoms with Gasteiger partial charge < -0.3 is 28.8 Å². The minimum absolute atomic E-state index is 0.00707. The molecule has 0 aromatic rings. The third kappa shape index (κ3) is 74.2. The molecule has 0 radical (unpaired) electrons. The van der Waals surface area contributed by atoms with Crippen molar-refractivity contribution in [3.63, 3.8) is 0 Å². The molecule has 0 rings (SSSR count). The highest BCUT2D eigenvalue weighted by Gasteiger charge is 2.23. The quantitative estimate of drug-likeness (QED) is 0.0272. The summed E-state index contributed by atoms with van der Waals surface area (Å²) in [7, 11) is 1.25.